The van der Waals surface area contributed by atoms with Crippen LogP contribution in [0.25, 0.3) is 5.82 Å². The van der Waals surface area contributed by atoms with Crippen LogP contribution in [-0.2, 0) is 4.74 Å². The van der Waals surface area contributed by atoms with Crippen LogP contribution in [0, 0.1) is 0 Å². The van der Waals surface area contributed by atoms with Crippen molar-refractivity contribution in [3.05, 3.63) is 36.3 Å². The summed E-state index contributed by atoms with van der Waals surface area (Å²) in [6, 6.07) is 0. The molecular weight excluding hydrogens is 302 g/mol. The van der Waals surface area contributed by atoms with Crippen LogP contribution >= 0.6 is 0 Å². The van der Waals surface area contributed by atoms with Gasteiger partial charge in [-0.25, -0.2) is 9.97 Å². The number of hydrogen-bond donors (Lipinski definition) is 0. The minimum Gasteiger partial charge on any atom is -0.383 e. The van der Waals surface area contributed by atoms with Gasteiger partial charge in [-0.1, -0.05) is 13.8 Å². The van der Waals surface area contributed by atoms with Gasteiger partial charge in [0, 0.05) is 50.6 Å². The molecule has 1 unspecified atom stereocenters. The van der Waals surface area contributed by atoms with E-state index in [0.717, 1.165) is 43.6 Å². The van der Waals surface area contributed by atoms with E-state index >= 15 is 0 Å². The topological polar surface area (TPSA) is 56.1 Å². The molecule has 24 heavy (non-hydrogen) atoms. The first-order valence-corrected chi connectivity index (χ1v) is 8.76. The van der Waals surface area contributed by atoms with Crippen LogP contribution in [-0.4, -0.2) is 57.8 Å². The van der Waals surface area contributed by atoms with Crippen molar-refractivity contribution < 1.29 is 4.74 Å². The molecule has 1 atom stereocenters. The lowest BCUT2D eigenvalue weighted by atomic mass is 9.95. The second-order valence-corrected chi connectivity index (χ2v) is 6.74. The van der Waals surface area contributed by atoms with E-state index in [1.54, 1.807) is 7.11 Å². The molecule has 1 fully saturated rings. The maximum absolute atomic E-state index is 5.21. The van der Waals surface area contributed by atoms with E-state index < -0.39 is 0 Å². The lowest BCUT2D eigenvalue weighted by Crippen LogP contribution is -2.36. The van der Waals surface area contributed by atoms with E-state index in [9.17, 15) is 0 Å². The molecule has 1 saturated heterocycles. The number of hydrogen-bond acceptors (Lipinski definition) is 5. The van der Waals surface area contributed by atoms with Crippen molar-refractivity contribution >= 4 is 0 Å². The number of piperidine rings is 1. The summed E-state index contributed by atoms with van der Waals surface area (Å²) in [5, 5.41) is 0. The minimum atomic E-state index is 0.352. The van der Waals surface area contributed by atoms with Gasteiger partial charge in [0.2, 0.25) is 0 Å². The van der Waals surface area contributed by atoms with E-state index in [0.29, 0.717) is 11.8 Å². The number of methoxy groups -OCH3 is 1. The molecule has 2 aromatic rings. The first kappa shape index (κ1) is 17.0. The van der Waals surface area contributed by atoms with Gasteiger partial charge in [0.15, 0.2) is 5.82 Å². The number of rotatable bonds is 6. The third-order valence-corrected chi connectivity index (χ3v) is 4.61. The summed E-state index contributed by atoms with van der Waals surface area (Å²) < 4.78 is 7.26. The van der Waals surface area contributed by atoms with Crippen LogP contribution in [0.5, 0.6) is 0 Å². The van der Waals surface area contributed by atoms with Crippen LogP contribution in [0.2, 0.25) is 0 Å². The number of nitrogens with zero attached hydrogens (tertiary/aromatic N) is 5. The standard InChI is InChI=1S/C18H27N5O/c1-14(2)18-20-6-8-23(18)17-12-19-11-16(21-17)15-5-4-7-22(13-15)9-10-24-3/h6,8,11-12,14-15H,4-5,7,9-10,13H2,1-3H3. The predicted molar refractivity (Wildman–Crippen MR) is 93.5 cm³/mol. The normalized spacial score (nSPS) is 19.1. The molecule has 0 aromatic carbocycles. The number of likely N-dealkylation sites (tertiary alicyclic amines) is 1. The van der Waals surface area contributed by atoms with Gasteiger partial charge in [0.1, 0.15) is 5.82 Å². The lowest BCUT2D eigenvalue weighted by Gasteiger charge is -2.32. The Bertz CT molecular complexity index is 654. The zero-order valence-electron chi connectivity index (χ0n) is 14.9. The molecule has 0 amide bonds. The van der Waals surface area contributed by atoms with E-state index in [1.807, 2.05) is 29.4 Å². The van der Waals surface area contributed by atoms with E-state index in [-0.39, 0.29) is 0 Å². The second-order valence-electron chi connectivity index (χ2n) is 6.74. The summed E-state index contributed by atoms with van der Waals surface area (Å²) in [6.45, 7) is 8.23. The molecule has 6 nitrogen and oxygen atoms in total. The first-order chi connectivity index (χ1) is 11.7. The third kappa shape index (κ3) is 3.82. The van der Waals surface area contributed by atoms with E-state index in [2.05, 4.69) is 28.7 Å². The largest absolute Gasteiger partial charge is 0.383 e. The number of imidazole rings is 1. The molecule has 130 valence electrons. The maximum Gasteiger partial charge on any atom is 0.156 e. The van der Waals surface area contributed by atoms with Crippen LogP contribution < -0.4 is 0 Å². The Morgan fingerprint density at radius 2 is 2.21 bits per heavy atom. The Kier molecular flexibility index (Phi) is 5.58. The van der Waals surface area contributed by atoms with Gasteiger partial charge in [-0.3, -0.25) is 9.55 Å². The van der Waals surface area contributed by atoms with Crippen molar-refractivity contribution in [2.45, 2.75) is 38.5 Å². The van der Waals surface area contributed by atoms with Crippen LogP contribution in [0.4, 0.5) is 0 Å². The average Bonchev–Trinajstić information content (AvgIpc) is 3.10. The summed E-state index contributed by atoms with van der Waals surface area (Å²) in [7, 11) is 1.76. The van der Waals surface area contributed by atoms with Gasteiger partial charge >= 0.3 is 0 Å². The van der Waals surface area contributed by atoms with Crippen LogP contribution in [0.15, 0.2) is 24.8 Å². The molecule has 0 bridgehead atoms. The van der Waals surface area contributed by atoms with Crippen LogP contribution in [0.1, 0.15) is 50.0 Å². The average molecular weight is 329 g/mol. The van der Waals surface area contributed by atoms with Crippen molar-refractivity contribution in [1.29, 1.82) is 0 Å². The highest BCUT2D eigenvalue weighted by Gasteiger charge is 2.23. The first-order valence-electron chi connectivity index (χ1n) is 8.76. The molecule has 0 N–H and O–H groups in total. The fraction of sp³-hybridized carbons (Fsp3) is 0.611. The van der Waals surface area contributed by atoms with E-state index in [4.69, 9.17) is 9.72 Å². The van der Waals surface area contributed by atoms with Crippen molar-refractivity contribution in [2.75, 3.05) is 33.4 Å². The smallest absolute Gasteiger partial charge is 0.156 e. The number of ether oxygens (including phenoxy) is 1. The Morgan fingerprint density at radius 1 is 1.33 bits per heavy atom. The summed E-state index contributed by atoms with van der Waals surface area (Å²) in [5.74, 6) is 2.67. The SMILES string of the molecule is COCCN1CCCC(c2cncc(-n3ccnc3C(C)C)n2)C1. The Morgan fingerprint density at radius 3 is 3.00 bits per heavy atom. The zero-order valence-corrected chi connectivity index (χ0v) is 14.9. The molecule has 3 rings (SSSR count). The maximum atomic E-state index is 5.21. The van der Waals surface area contributed by atoms with Crippen molar-refractivity contribution in [3.63, 3.8) is 0 Å². The van der Waals surface area contributed by atoms with Gasteiger partial charge in [0.05, 0.1) is 18.5 Å². The molecule has 0 spiro atoms. The second kappa shape index (κ2) is 7.85. The quantitative estimate of drug-likeness (QED) is 0.815. The predicted octanol–water partition coefficient (Wildman–Crippen LogP) is 2.61. The highest BCUT2D eigenvalue weighted by atomic mass is 16.5. The van der Waals surface area contributed by atoms with Crippen molar-refractivity contribution in [2.24, 2.45) is 0 Å². The van der Waals surface area contributed by atoms with Crippen LogP contribution in [0.3, 0.4) is 0 Å². The van der Waals surface area contributed by atoms with Gasteiger partial charge in [-0.2, -0.15) is 0 Å². The molecule has 0 aliphatic carbocycles. The highest BCUT2D eigenvalue weighted by Crippen LogP contribution is 2.26. The molecule has 3 heterocycles. The van der Waals surface area contributed by atoms with Gasteiger partial charge in [-0.05, 0) is 19.4 Å². The van der Waals surface area contributed by atoms with Gasteiger partial charge < -0.3 is 9.64 Å². The Balaban J connectivity index is 1.79. The fourth-order valence-electron chi connectivity index (χ4n) is 3.34. The summed E-state index contributed by atoms with van der Waals surface area (Å²) in [4.78, 5) is 16.3. The summed E-state index contributed by atoms with van der Waals surface area (Å²) in [6.07, 6.45) is 9.90. The van der Waals surface area contributed by atoms with Crippen molar-refractivity contribution in [3.8, 4) is 5.82 Å². The Labute approximate surface area is 143 Å². The van der Waals surface area contributed by atoms with Gasteiger partial charge in [0.25, 0.3) is 0 Å². The molecule has 1 aliphatic rings. The van der Waals surface area contributed by atoms with Gasteiger partial charge in [-0.15, -0.1) is 0 Å². The molecule has 0 saturated carbocycles. The summed E-state index contributed by atoms with van der Waals surface area (Å²) in [5.41, 5.74) is 1.08. The van der Waals surface area contributed by atoms with Crippen molar-refractivity contribution in [1.82, 2.24) is 24.4 Å². The monoisotopic (exact) mass is 329 g/mol. The highest BCUT2D eigenvalue weighted by molar-refractivity contribution is 5.25. The number of aromatic nitrogens is 4. The summed E-state index contributed by atoms with van der Waals surface area (Å²) >= 11 is 0. The Hall–Kier alpha value is -1.79. The minimum absolute atomic E-state index is 0.352. The zero-order chi connectivity index (χ0) is 16.9. The third-order valence-electron chi connectivity index (χ3n) is 4.61. The molecule has 1 aliphatic heterocycles. The molecule has 6 heteroatoms. The fourth-order valence-corrected chi connectivity index (χ4v) is 3.34. The molecule has 0 radical (unpaired) electrons. The lowest BCUT2D eigenvalue weighted by molar-refractivity contribution is 0.127. The molecular formula is C18H27N5O. The molecule has 2 aromatic heterocycles. The van der Waals surface area contributed by atoms with E-state index in [1.165, 1.54) is 12.8 Å².